The summed E-state index contributed by atoms with van der Waals surface area (Å²) in [6.45, 7) is 13.0. The predicted molar refractivity (Wildman–Crippen MR) is 354 cm³/mol. The number of benzene rings is 12. The summed E-state index contributed by atoms with van der Waals surface area (Å²) in [6.07, 6.45) is 0. The van der Waals surface area contributed by atoms with Crippen LogP contribution in [0, 0.1) is 41.5 Å². The molecule has 15 rings (SSSR count). The number of fused-ring (bicyclic) bond motifs is 10. The first-order valence-corrected chi connectivity index (χ1v) is 31.9. The molecule has 4 nitrogen and oxygen atoms in total. The average Bonchev–Trinajstić information content (AvgIpc) is 0.775. The van der Waals surface area contributed by atoms with Gasteiger partial charge >= 0.3 is 0 Å². The van der Waals surface area contributed by atoms with Crippen molar-refractivity contribution in [1.82, 2.24) is 0 Å². The highest BCUT2D eigenvalue weighted by molar-refractivity contribution is 7.85. The van der Waals surface area contributed by atoms with Gasteiger partial charge in [-0.25, -0.2) is 0 Å². The summed E-state index contributed by atoms with van der Waals surface area (Å²) in [5.41, 5.74) is 21.0. The minimum absolute atomic E-state index is 0.256. The fourth-order valence-corrected chi connectivity index (χ4v) is 20.2. The van der Waals surface area contributed by atoms with Gasteiger partial charge in [0.15, 0.2) is 14.3 Å². The van der Waals surface area contributed by atoms with E-state index in [1.165, 1.54) is 66.0 Å². The third kappa shape index (κ3) is 7.34. The Morgan fingerprint density at radius 1 is 0.293 bits per heavy atom. The van der Waals surface area contributed by atoms with Gasteiger partial charge in [-0.3, -0.25) is 0 Å². The molecule has 82 heavy (non-hydrogen) atoms. The van der Waals surface area contributed by atoms with Crippen molar-refractivity contribution in [2.24, 2.45) is 0 Å². The predicted octanol–water partition coefficient (Wildman–Crippen LogP) is 12.0. The second-order valence-corrected chi connectivity index (χ2v) is 28.5. The number of nitrogens with zero attached hydrogens (tertiary/aromatic N) is 2. The molecule has 0 N–H and O–H groups in total. The molecule has 12 aromatic carbocycles. The smallest absolute Gasteiger partial charge is 0.248 e. The molecule has 0 unspecified atom stereocenters. The molecule has 392 valence electrons. The van der Waals surface area contributed by atoms with Gasteiger partial charge in [0.25, 0.3) is 0 Å². The lowest BCUT2D eigenvalue weighted by Gasteiger charge is -2.50. The highest BCUT2D eigenvalue weighted by atomic mass is 31.2. The van der Waals surface area contributed by atoms with Crippen molar-refractivity contribution in [3.8, 4) is 0 Å². The van der Waals surface area contributed by atoms with Gasteiger partial charge in [0.1, 0.15) is 0 Å². The number of hydrogen-bond acceptors (Lipinski definition) is 4. The number of rotatable bonds is 8. The summed E-state index contributed by atoms with van der Waals surface area (Å²) in [6, 6.07) is 85.9. The van der Waals surface area contributed by atoms with E-state index in [9.17, 15) is 0 Å². The molecule has 0 aliphatic carbocycles. The number of aryl methyl sites for hydroxylation is 6. The van der Waals surface area contributed by atoms with Crippen molar-refractivity contribution in [2.75, 3.05) is 9.80 Å². The molecule has 0 aromatic heterocycles. The van der Waals surface area contributed by atoms with E-state index in [2.05, 4.69) is 173 Å². The van der Waals surface area contributed by atoms with E-state index < -0.39 is 14.3 Å². The van der Waals surface area contributed by atoms with E-state index in [-0.39, 0.29) is 13.4 Å². The van der Waals surface area contributed by atoms with Gasteiger partial charge in [-0.2, -0.15) is 0 Å². The zero-order chi connectivity index (χ0) is 55.8. The fraction of sp³-hybridized carbons (Fsp3) is 0.0811. The van der Waals surface area contributed by atoms with Crippen molar-refractivity contribution in [3.05, 3.63) is 276 Å². The van der Waals surface area contributed by atoms with Crippen molar-refractivity contribution in [2.45, 2.75) is 41.5 Å². The zero-order valence-electron chi connectivity index (χ0n) is 46.9. The van der Waals surface area contributed by atoms with Gasteiger partial charge in [-0.1, -0.05) is 251 Å². The molecular formula is C74H58B2N2O2P2. The molecule has 0 bridgehead atoms. The van der Waals surface area contributed by atoms with E-state index in [1.54, 1.807) is 0 Å². The van der Waals surface area contributed by atoms with Crippen LogP contribution in [0.5, 0.6) is 0 Å². The van der Waals surface area contributed by atoms with Crippen LogP contribution in [0.3, 0.4) is 0 Å². The van der Waals surface area contributed by atoms with E-state index in [0.29, 0.717) is 0 Å². The molecule has 12 aromatic rings. The van der Waals surface area contributed by atoms with E-state index in [0.717, 1.165) is 87.6 Å². The Kier molecular flexibility index (Phi) is 11.6. The molecular weight excluding hydrogens is 1030 g/mol. The molecule has 0 amide bonds. The van der Waals surface area contributed by atoms with Gasteiger partial charge in [-0.05, 0) is 121 Å². The Balaban J connectivity index is 1.10. The third-order valence-electron chi connectivity index (χ3n) is 18.0. The average molecular weight is 1090 g/mol. The maximum Gasteiger partial charge on any atom is 0.248 e. The quantitative estimate of drug-likeness (QED) is 0.112. The van der Waals surface area contributed by atoms with Crippen molar-refractivity contribution in [1.29, 1.82) is 0 Å². The normalized spacial score (nSPS) is 13.2. The zero-order valence-corrected chi connectivity index (χ0v) is 48.6. The van der Waals surface area contributed by atoms with E-state index in [1.807, 2.05) is 121 Å². The van der Waals surface area contributed by atoms with Crippen LogP contribution in [0.25, 0.3) is 21.5 Å². The summed E-state index contributed by atoms with van der Waals surface area (Å²) in [4.78, 5) is 5.15. The van der Waals surface area contributed by atoms with Gasteiger partial charge in [0.05, 0.1) is 22.7 Å². The summed E-state index contributed by atoms with van der Waals surface area (Å²) in [7, 11) is -6.87. The molecule has 8 heteroatoms. The van der Waals surface area contributed by atoms with Crippen LogP contribution in [-0.2, 0) is 9.13 Å². The van der Waals surface area contributed by atoms with E-state index >= 15 is 9.13 Å². The van der Waals surface area contributed by atoms with Crippen LogP contribution in [0.4, 0.5) is 34.1 Å². The van der Waals surface area contributed by atoms with Crippen LogP contribution >= 0.6 is 14.3 Å². The lowest BCUT2D eigenvalue weighted by atomic mass is 9.32. The molecule has 3 heterocycles. The molecule has 3 aliphatic rings. The Labute approximate surface area is 481 Å². The molecule has 0 atom stereocenters. The van der Waals surface area contributed by atoms with E-state index in [4.69, 9.17) is 0 Å². The standard InChI is InChI=1S/C74H58B2N2O2P2/c1-47-39-49(3)69(50(4)40-47)75-63-45-59(81(79,55-25-11-7-12-26-55)56-27-13-8-14-28-56)35-37-65(63)77-68-44-54-24-20-22-34-62(54)72-74(68)78(67-43-53-23-19-21-33-61(53)71(75)73(67)77)66-38-36-60(46-64(66)76(72)70-51(5)41-48(2)42-52(70)6)82(80,57-29-15-9-16-30-57)58-31-17-10-18-32-58/h7-46H,1-6H3. The van der Waals surface area contributed by atoms with Crippen LogP contribution in [0.2, 0.25) is 0 Å². The Morgan fingerprint density at radius 3 is 0.927 bits per heavy atom. The van der Waals surface area contributed by atoms with Gasteiger partial charge < -0.3 is 18.9 Å². The SMILES string of the molecule is Cc1cc(C)c(B2c3cc(P(=O)(c4ccccc4)c4ccccc4)ccc3N3c4cc5ccccc5c5c4N(c4ccc(P(=O)(c6ccccc6)c6ccccc6)cc4B5c4c(C)cc(C)cc4C)c4cc5ccccc5c2c43)c(C)c1. The Morgan fingerprint density at radius 2 is 0.598 bits per heavy atom. The summed E-state index contributed by atoms with van der Waals surface area (Å²) < 4.78 is 33.3. The second kappa shape index (κ2) is 19.0. The maximum atomic E-state index is 16.7. The number of hydrogen-bond donors (Lipinski definition) is 0. The topological polar surface area (TPSA) is 40.6 Å². The summed E-state index contributed by atoms with van der Waals surface area (Å²) >= 11 is 0. The molecule has 0 spiro atoms. The number of anilines is 6. The first kappa shape index (κ1) is 50.3. The van der Waals surface area contributed by atoms with Crippen molar-refractivity contribution < 1.29 is 9.13 Å². The highest BCUT2D eigenvalue weighted by Gasteiger charge is 2.49. The maximum absolute atomic E-state index is 16.7. The third-order valence-corrected chi connectivity index (χ3v) is 24.1. The van der Waals surface area contributed by atoms with Crippen LogP contribution in [0.1, 0.15) is 33.4 Å². The minimum Gasteiger partial charge on any atom is -0.309 e. The summed E-state index contributed by atoms with van der Waals surface area (Å²) in [5.74, 6) is 0. The van der Waals surface area contributed by atoms with Crippen molar-refractivity contribution >= 4 is 148 Å². The molecule has 0 saturated carbocycles. The lowest BCUT2D eigenvalue weighted by molar-refractivity contribution is 0.591. The second-order valence-electron chi connectivity index (χ2n) is 23.0. The first-order valence-electron chi connectivity index (χ1n) is 28.5. The largest absolute Gasteiger partial charge is 0.309 e. The minimum atomic E-state index is -3.44. The van der Waals surface area contributed by atoms with Gasteiger partial charge in [0, 0.05) is 43.2 Å². The monoisotopic (exact) mass is 1090 g/mol. The molecule has 0 saturated heterocycles. The van der Waals surface area contributed by atoms with Crippen LogP contribution in [-0.4, -0.2) is 13.4 Å². The molecule has 0 radical (unpaired) electrons. The highest BCUT2D eigenvalue weighted by Crippen LogP contribution is 2.57. The summed E-state index contributed by atoms with van der Waals surface area (Å²) in [5, 5.41) is 9.45. The van der Waals surface area contributed by atoms with Crippen LogP contribution < -0.4 is 74.4 Å². The van der Waals surface area contributed by atoms with Crippen LogP contribution in [0.15, 0.2) is 243 Å². The van der Waals surface area contributed by atoms with Crippen molar-refractivity contribution in [3.63, 3.8) is 0 Å². The Bertz CT molecular complexity index is 4310. The molecule has 0 fully saturated rings. The lowest BCUT2D eigenvalue weighted by Crippen LogP contribution is -2.62. The Hall–Kier alpha value is -8.65. The van der Waals surface area contributed by atoms with Gasteiger partial charge in [0.2, 0.25) is 13.4 Å². The fourth-order valence-electron chi connectivity index (χ4n) is 14.8. The van der Waals surface area contributed by atoms with Gasteiger partial charge in [-0.15, -0.1) is 0 Å². The molecule has 3 aliphatic heterocycles. The first-order chi connectivity index (χ1) is 39.9.